The average molecular weight is 215 g/mol. The maximum absolute atomic E-state index is 10.4. The van der Waals surface area contributed by atoms with Gasteiger partial charge in [-0.25, -0.2) is 4.79 Å². The van der Waals surface area contributed by atoms with E-state index in [0.29, 0.717) is 0 Å². The summed E-state index contributed by atoms with van der Waals surface area (Å²) in [5.74, 6) is -0.929. The van der Waals surface area contributed by atoms with E-state index in [0.717, 1.165) is 28.2 Å². The van der Waals surface area contributed by atoms with Crippen LogP contribution in [0.15, 0.2) is 24.3 Å². The fraction of sp³-hybridized carbons (Fsp3) is 0.154. The molecule has 1 heterocycles. The molecule has 2 N–H and O–H groups in total. The van der Waals surface area contributed by atoms with E-state index in [1.165, 1.54) is 5.56 Å². The number of fused-ring (bicyclic) bond motifs is 1. The molecule has 0 aliphatic heterocycles. The number of carboxylic acids is 1. The van der Waals surface area contributed by atoms with Crippen molar-refractivity contribution in [2.24, 2.45) is 0 Å². The number of H-pyrrole nitrogens is 1. The van der Waals surface area contributed by atoms with Gasteiger partial charge in [-0.05, 0) is 43.2 Å². The van der Waals surface area contributed by atoms with E-state index in [-0.39, 0.29) is 0 Å². The van der Waals surface area contributed by atoms with Crippen molar-refractivity contribution >= 4 is 22.9 Å². The van der Waals surface area contributed by atoms with Crippen molar-refractivity contribution in [3.63, 3.8) is 0 Å². The summed E-state index contributed by atoms with van der Waals surface area (Å²) in [5, 5.41) is 9.70. The lowest BCUT2D eigenvalue weighted by Gasteiger charge is -1.95. The van der Waals surface area contributed by atoms with Gasteiger partial charge in [0.2, 0.25) is 0 Å². The van der Waals surface area contributed by atoms with Gasteiger partial charge in [-0.3, -0.25) is 0 Å². The molecular weight excluding hydrogens is 202 g/mol. The maximum Gasteiger partial charge on any atom is 0.328 e. The first-order valence-electron chi connectivity index (χ1n) is 5.08. The summed E-state index contributed by atoms with van der Waals surface area (Å²) >= 11 is 0. The molecule has 0 saturated carbocycles. The number of aromatic nitrogens is 1. The minimum absolute atomic E-state index is 0.900. The summed E-state index contributed by atoms with van der Waals surface area (Å²) in [4.78, 5) is 13.7. The molecule has 0 bridgehead atoms. The van der Waals surface area contributed by atoms with Crippen molar-refractivity contribution < 1.29 is 9.90 Å². The number of benzene rings is 1. The van der Waals surface area contributed by atoms with Crippen molar-refractivity contribution in [2.45, 2.75) is 13.8 Å². The SMILES string of the molecule is Cc1[nH]c2ccc(/C=C/C(=O)O)cc2c1C. The standard InChI is InChI=1S/C13H13NO2/c1-8-9(2)14-12-5-3-10(7-11(8)12)4-6-13(15)16/h3-7,14H,1-2H3,(H,15,16)/b6-4+. The molecule has 2 aromatic rings. The maximum atomic E-state index is 10.4. The number of aryl methyl sites for hydroxylation is 2. The molecule has 2 rings (SSSR count). The summed E-state index contributed by atoms with van der Waals surface area (Å²) in [6, 6.07) is 5.86. The van der Waals surface area contributed by atoms with Crippen LogP contribution in [0.5, 0.6) is 0 Å². The van der Waals surface area contributed by atoms with Crippen molar-refractivity contribution in [1.82, 2.24) is 4.98 Å². The number of hydrogen-bond donors (Lipinski definition) is 2. The first-order valence-corrected chi connectivity index (χ1v) is 5.08. The van der Waals surface area contributed by atoms with Gasteiger partial charge >= 0.3 is 5.97 Å². The Labute approximate surface area is 93.4 Å². The number of carboxylic acid groups (broad SMARTS) is 1. The number of aliphatic carboxylic acids is 1. The van der Waals surface area contributed by atoms with Crippen LogP contribution in [0.4, 0.5) is 0 Å². The Morgan fingerprint density at radius 2 is 2.12 bits per heavy atom. The Morgan fingerprint density at radius 1 is 1.38 bits per heavy atom. The van der Waals surface area contributed by atoms with E-state index in [9.17, 15) is 4.79 Å². The zero-order valence-electron chi connectivity index (χ0n) is 9.24. The highest BCUT2D eigenvalue weighted by Gasteiger charge is 2.03. The monoisotopic (exact) mass is 215 g/mol. The molecule has 0 aliphatic rings. The second-order valence-corrected chi connectivity index (χ2v) is 3.85. The van der Waals surface area contributed by atoms with E-state index in [4.69, 9.17) is 5.11 Å². The highest BCUT2D eigenvalue weighted by molar-refractivity contribution is 5.89. The van der Waals surface area contributed by atoms with Gasteiger partial charge in [0.25, 0.3) is 0 Å². The summed E-state index contributed by atoms with van der Waals surface area (Å²) < 4.78 is 0. The second-order valence-electron chi connectivity index (χ2n) is 3.85. The largest absolute Gasteiger partial charge is 0.478 e. The van der Waals surface area contributed by atoms with Crippen molar-refractivity contribution in [2.75, 3.05) is 0 Å². The summed E-state index contributed by atoms with van der Waals surface area (Å²) in [6.07, 6.45) is 2.75. The number of carbonyl (C=O) groups is 1. The molecule has 0 amide bonds. The number of nitrogens with one attached hydrogen (secondary N) is 1. The van der Waals surface area contributed by atoms with Gasteiger partial charge in [0.05, 0.1) is 0 Å². The highest BCUT2D eigenvalue weighted by atomic mass is 16.4. The van der Waals surface area contributed by atoms with Crippen LogP contribution in [0.25, 0.3) is 17.0 Å². The molecule has 0 saturated heterocycles. The van der Waals surface area contributed by atoms with Gasteiger partial charge in [-0.15, -0.1) is 0 Å². The molecule has 1 aromatic heterocycles. The molecule has 0 radical (unpaired) electrons. The zero-order chi connectivity index (χ0) is 11.7. The molecule has 1 aromatic carbocycles. The Morgan fingerprint density at radius 3 is 2.81 bits per heavy atom. The molecule has 82 valence electrons. The third kappa shape index (κ3) is 1.84. The van der Waals surface area contributed by atoms with Gasteiger partial charge in [-0.2, -0.15) is 0 Å². The van der Waals surface area contributed by atoms with Gasteiger partial charge < -0.3 is 10.1 Å². The van der Waals surface area contributed by atoms with E-state index in [1.807, 2.05) is 25.1 Å². The molecule has 0 atom stereocenters. The number of rotatable bonds is 2. The van der Waals surface area contributed by atoms with Crippen LogP contribution in [-0.4, -0.2) is 16.1 Å². The smallest absolute Gasteiger partial charge is 0.328 e. The summed E-state index contributed by atoms with van der Waals surface area (Å²) in [7, 11) is 0. The molecule has 0 fully saturated rings. The minimum Gasteiger partial charge on any atom is -0.478 e. The Kier molecular flexibility index (Phi) is 2.52. The Bertz CT molecular complexity index is 579. The van der Waals surface area contributed by atoms with Crippen LogP contribution in [0.3, 0.4) is 0 Å². The molecular formula is C13H13NO2. The normalized spacial score (nSPS) is 11.4. The Hall–Kier alpha value is -2.03. The van der Waals surface area contributed by atoms with Crippen molar-refractivity contribution in [1.29, 1.82) is 0 Å². The van der Waals surface area contributed by atoms with E-state index in [1.54, 1.807) is 6.08 Å². The fourth-order valence-electron chi connectivity index (χ4n) is 1.75. The van der Waals surface area contributed by atoms with Crippen LogP contribution in [0.1, 0.15) is 16.8 Å². The third-order valence-corrected chi connectivity index (χ3v) is 2.75. The summed E-state index contributed by atoms with van der Waals surface area (Å²) in [5.41, 5.74) is 4.34. The lowest BCUT2D eigenvalue weighted by Crippen LogP contribution is -1.85. The van der Waals surface area contributed by atoms with Gasteiger partial charge in [-0.1, -0.05) is 6.07 Å². The average Bonchev–Trinajstić information content (AvgIpc) is 2.52. The molecule has 0 aliphatic carbocycles. The lowest BCUT2D eigenvalue weighted by molar-refractivity contribution is -0.131. The van der Waals surface area contributed by atoms with E-state index < -0.39 is 5.97 Å². The first-order chi connectivity index (χ1) is 7.58. The highest BCUT2D eigenvalue weighted by Crippen LogP contribution is 2.22. The molecule has 0 unspecified atom stereocenters. The van der Waals surface area contributed by atoms with Crippen molar-refractivity contribution in [3.8, 4) is 0 Å². The third-order valence-electron chi connectivity index (χ3n) is 2.75. The predicted molar refractivity (Wildman–Crippen MR) is 64.4 cm³/mol. The lowest BCUT2D eigenvalue weighted by atomic mass is 10.1. The topological polar surface area (TPSA) is 53.1 Å². The van der Waals surface area contributed by atoms with Crippen LogP contribution in [-0.2, 0) is 4.79 Å². The minimum atomic E-state index is -0.929. The van der Waals surface area contributed by atoms with E-state index in [2.05, 4.69) is 11.9 Å². The van der Waals surface area contributed by atoms with Crippen LogP contribution >= 0.6 is 0 Å². The first kappa shape index (κ1) is 10.5. The number of aromatic amines is 1. The molecule has 16 heavy (non-hydrogen) atoms. The summed E-state index contributed by atoms with van der Waals surface area (Å²) in [6.45, 7) is 4.08. The van der Waals surface area contributed by atoms with Gasteiger partial charge in [0, 0.05) is 22.7 Å². The molecule has 0 spiro atoms. The van der Waals surface area contributed by atoms with Crippen LogP contribution in [0, 0.1) is 13.8 Å². The van der Waals surface area contributed by atoms with Gasteiger partial charge in [0.1, 0.15) is 0 Å². The van der Waals surface area contributed by atoms with Crippen LogP contribution in [0.2, 0.25) is 0 Å². The van der Waals surface area contributed by atoms with E-state index >= 15 is 0 Å². The Balaban J connectivity index is 2.51. The van der Waals surface area contributed by atoms with Crippen molar-refractivity contribution in [3.05, 3.63) is 41.1 Å². The predicted octanol–water partition coefficient (Wildman–Crippen LogP) is 2.88. The quantitative estimate of drug-likeness (QED) is 0.757. The fourth-order valence-corrected chi connectivity index (χ4v) is 1.75. The molecule has 3 nitrogen and oxygen atoms in total. The zero-order valence-corrected chi connectivity index (χ0v) is 9.24. The van der Waals surface area contributed by atoms with Gasteiger partial charge in [0.15, 0.2) is 0 Å². The number of hydrogen-bond acceptors (Lipinski definition) is 1. The molecule has 3 heteroatoms. The van der Waals surface area contributed by atoms with Crippen LogP contribution < -0.4 is 0 Å². The second kappa shape index (κ2) is 3.85.